The van der Waals surface area contributed by atoms with Crippen molar-refractivity contribution in [1.29, 1.82) is 0 Å². The van der Waals surface area contributed by atoms with E-state index in [0.29, 0.717) is 22.4 Å². The van der Waals surface area contributed by atoms with Crippen molar-refractivity contribution in [3.63, 3.8) is 0 Å². The van der Waals surface area contributed by atoms with Crippen LogP contribution in [0.3, 0.4) is 0 Å². The number of nitrogens with one attached hydrogen (secondary N) is 1. The lowest BCUT2D eigenvalue weighted by Crippen LogP contribution is -2.43. The Bertz CT molecular complexity index is 906. The fraction of sp³-hybridized carbons (Fsp3) is 0.500. The number of esters is 1. The predicted octanol–water partition coefficient (Wildman–Crippen LogP) is 1.71. The molecule has 0 spiro atoms. The van der Waals surface area contributed by atoms with Crippen LogP contribution in [0.5, 0.6) is 0 Å². The summed E-state index contributed by atoms with van der Waals surface area (Å²) in [4.78, 5) is 36.4. The van der Waals surface area contributed by atoms with Crippen molar-refractivity contribution >= 4 is 22.6 Å². The summed E-state index contributed by atoms with van der Waals surface area (Å²) in [7, 11) is 1.54. The number of hydrogen-bond donors (Lipinski definition) is 1. The largest absolute Gasteiger partial charge is 0.455 e. The Hall–Kier alpha value is -2.70. The van der Waals surface area contributed by atoms with Gasteiger partial charge < -0.3 is 10.1 Å². The number of aromatic nitrogens is 2. The number of carbonyl (C=O) groups excluding carboxylic acids is 2. The maximum absolute atomic E-state index is 12.2. The molecule has 27 heavy (non-hydrogen) atoms. The summed E-state index contributed by atoms with van der Waals surface area (Å²) in [6.07, 6.45) is 4.29. The SMILES string of the molecule is CC1CCCCC1NC(=O)COC(=O)Cc1nn(C)c(=O)c2ccccc12. The smallest absolute Gasteiger partial charge is 0.312 e. The maximum Gasteiger partial charge on any atom is 0.312 e. The summed E-state index contributed by atoms with van der Waals surface area (Å²) in [5.41, 5.74) is 0.239. The lowest BCUT2D eigenvalue weighted by Gasteiger charge is -2.29. The normalized spacial score (nSPS) is 19.6. The van der Waals surface area contributed by atoms with Crippen LogP contribution in [0.15, 0.2) is 29.1 Å². The summed E-state index contributed by atoms with van der Waals surface area (Å²) in [6, 6.07) is 7.16. The third kappa shape index (κ3) is 4.53. The first-order valence-corrected chi connectivity index (χ1v) is 9.35. The molecule has 144 valence electrons. The van der Waals surface area contributed by atoms with Gasteiger partial charge in [0.25, 0.3) is 11.5 Å². The highest BCUT2D eigenvalue weighted by Gasteiger charge is 2.23. The van der Waals surface area contributed by atoms with Gasteiger partial charge in [-0.2, -0.15) is 5.10 Å². The Kier molecular flexibility index (Phi) is 5.88. The van der Waals surface area contributed by atoms with Crippen LogP contribution in [-0.4, -0.2) is 34.3 Å². The third-order valence-corrected chi connectivity index (χ3v) is 5.17. The van der Waals surface area contributed by atoms with E-state index >= 15 is 0 Å². The van der Waals surface area contributed by atoms with Gasteiger partial charge in [-0.15, -0.1) is 0 Å². The zero-order chi connectivity index (χ0) is 19.4. The number of ether oxygens (including phenoxy) is 1. The minimum atomic E-state index is -0.543. The Morgan fingerprint density at radius 3 is 2.67 bits per heavy atom. The zero-order valence-corrected chi connectivity index (χ0v) is 15.7. The highest BCUT2D eigenvalue weighted by atomic mass is 16.5. The summed E-state index contributed by atoms with van der Waals surface area (Å²) in [6.45, 7) is 1.83. The van der Waals surface area contributed by atoms with Crippen molar-refractivity contribution in [2.24, 2.45) is 13.0 Å². The Morgan fingerprint density at radius 2 is 1.93 bits per heavy atom. The van der Waals surface area contributed by atoms with Crippen molar-refractivity contribution in [3.8, 4) is 0 Å². The standard InChI is InChI=1S/C20H25N3O4/c1-13-7-3-6-10-16(13)21-18(24)12-27-19(25)11-17-14-8-4-5-9-15(14)20(26)23(2)22-17/h4-5,8-9,13,16H,3,6-7,10-12H2,1-2H3,(H,21,24). The van der Waals surface area contributed by atoms with Crippen LogP contribution in [0.25, 0.3) is 10.8 Å². The molecule has 0 saturated heterocycles. The van der Waals surface area contributed by atoms with E-state index in [9.17, 15) is 14.4 Å². The molecule has 7 heteroatoms. The highest BCUT2D eigenvalue weighted by Crippen LogP contribution is 2.23. The average Bonchev–Trinajstić information content (AvgIpc) is 2.66. The first-order chi connectivity index (χ1) is 13.0. The van der Waals surface area contributed by atoms with Gasteiger partial charge >= 0.3 is 5.97 Å². The molecule has 0 bridgehead atoms. The van der Waals surface area contributed by atoms with Crippen LogP contribution in [-0.2, 0) is 27.8 Å². The van der Waals surface area contributed by atoms with Gasteiger partial charge in [-0.1, -0.05) is 38.0 Å². The summed E-state index contributed by atoms with van der Waals surface area (Å²) in [5.74, 6) is -0.377. The van der Waals surface area contributed by atoms with E-state index in [2.05, 4.69) is 17.3 Å². The molecule has 1 heterocycles. The molecule has 1 saturated carbocycles. The molecule has 7 nitrogen and oxygen atoms in total. The molecule has 1 fully saturated rings. The van der Waals surface area contributed by atoms with Crippen LogP contribution in [0, 0.1) is 5.92 Å². The number of hydrogen-bond acceptors (Lipinski definition) is 5. The second kappa shape index (κ2) is 8.33. The molecule has 1 aliphatic carbocycles. The number of rotatable bonds is 5. The van der Waals surface area contributed by atoms with Crippen molar-refractivity contribution in [2.45, 2.75) is 45.1 Å². The van der Waals surface area contributed by atoms with Gasteiger partial charge in [-0.3, -0.25) is 14.4 Å². The van der Waals surface area contributed by atoms with Gasteiger partial charge in [0.1, 0.15) is 0 Å². The van der Waals surface area contributed by atoms with Crippen molar-refractivity contribution in [1.82, 2.24) is 15.1 Å². The molecule has 1 amide bonds. The van der Waals surface area contributed by atoms with Crippen LogP contribution in [0.1, 0.15) is 38.3 Å². The van der Waals surface area contributed by atoms with Gasteiger partial charge in [0.2, 0.25) is 0 Å². The third-order valence-electron chi connectivity index (χ3n) is 5.17. The second-order valence-electron chi connectivity index (χ2n) is 7.19. The number of nitrogens with zero attached hydrogens (tertiary/aromatic N) is 2. The highest BCUT2D eigenvalue weighted by molar-refractivity contribution is 5.87. The van der Waals surface area contributed by atoms with Crippen LogP contribution in [0.4, 0.5) is 0 Å². The van der Waals surface area contributed by atoms with Crippen LogP contribution in [0.2, 0.25) is 0 Å². The predicted molar refractivity (Wildman–Crippen MR) is 101 cm³/mol. The number of amides is 1. The van der Waals surface area contributed by atoms with E-state index in [1.807, 2.05) is 0 Å². The number of carbonyl (C=O) groups is 2. The van der Waals surface area contributed by atoms with Gasteiger partial charge in [0, 0.05) is 18.5 Å². The fourth-order valence-electron chi connectivity index (χ4n) is 3.62. The van der Waals surface area contributed by atoms with E-state index in [0.717, 1.165) is 19.3 Å². The van der Waals surface area contributed by atoms with Gasteiger partial charge in [0.05, 0.1) is 17.5 Å². The average molecular weight is 371 g/mol. The fourth-order valence-corrected chi connectivity index (χ4v) is 3.62. The molecule has 2 aromatic rings. The molecule has 3 rings (SSSR count). The minimum absolute atomic E-state index is 0.0955. The lowest BCUT2D eigenvalue weighted by atomic mass is 9.86. The quantitative estimate of drug-likeness (QED) is 0.808. The van der Waals surface area contributed by atoms with Gasteiger partial charge in [-0.05, 0) is 24.8 Å². The zero-order valence-electron chi connectivity index (χ0n) is 15.7. The van der Waals surface area contributed by atoms with E-state index in [1.54, 1.807) is 31.3 Å². The molecule has 2 atom stereocenters. The Labute approximate surface area is 157 Å². The molecule has 2 unspecified atom stereocenters. The molecular formula is C20H25N3O4. The number of benzene rings is 1. The van der Waals surface area contributed by atoms with Crippen molar-refractivity contribution in [2.75, 3.05) is 6.61 Å². The van der Waals surface area contributed by atoms with E-state index in [1.165, 1.54) is 11.1 Å². The van der Waals surface area contributed by atoms with E-state index in [4.69, 9.17) is 4.74 Å². The number of fused-ring (bicyclic) bond motifs is 1. The molecule has 1 aromatic carbocycles. The second-order valence-corrected chi connectivity index (χ2v) is 7.19. The molecule has 0 aliphatic heterocycles. The molecule has 1 N–H and O–H groups in total. The number of aryl methyl sites for hydroxylation is 1. The summed E-state index contributed by atoms with van der Waals surface area (Å²) >= 11 is 0. The molecule has 0 radical (unpaired) electrons. The summed E-state index contributed by atoms with van der Waals surface area (Å²) < 4.78 is 6.34. The first-order valence-electron chi connectivity index (χ1n) is 9.35. The van der Waals surface area contributed by atoms with E-state index < -0.39 is 5.97 Å². The van der Waals surface area contributed by atoms with Crippen LogP contribution < -0.4 is 10.9 Å². The summed E-state index contributed by atoms with van der Waals surface area (Å²) in [5, 5.41) is 8.26. The Balaban J connectivity index is 1.60. The van der Waals surface area contributed by atoms with Crippen molar-refractivity contribution in [3.05, 3.63) is 40.3 Å². The maximum atomic E-state index is 12.2. The topological polar surface area (TPSA) is 90.3 Å². The van der Waals surface area contributed by atoms with Crippen molar-refractivity contribution < 1.29 is 14.3 Å². The van der Waals surface area contributed by atoms with Gasteiger partial charge in [0.15, 0.2) is 6.61 Å². The molecular weight excluding hydrogens is 346 g/mol. The lowest BCUT2D eigenvalue weighted by molar-refractivity contribution is -0.148. The minimum Gasteiger partial charge on any atom is -0.455 e. The monoisotopic (exact) mass is 371 g/mol. The Morgan fingerprint density at radius 1 is 1.22 bits per heavy atom. The van der Waals surface area contributed by atoms with Gasteiger partial charge in [-0.25, -0.2) is 4.68 Å². The molecule has 1 aliphatic rings. The first kappa shape index (κ1) is 19.1. The van der Waals surface area contributed by atoms with Crippen LogP contribution >= 0.6 is 0 Å². The van der Waals surface area contributed by atoms with E-state index in [-0.39, 0.29) is 30.5 Å². The molecule has 1 aromatic heterocycles.